The zero-order valence-electron chi connectivity index (χ0n) is 20.8. The van der Waals surface area contributed by atoms with E-state index in [9.17, 15) is 29.0 Å². The normalized spacial score (nSPS) is 16.0. The molecular formula is C27H27ClFN3O6. The van der Waals surface area contributed by atoms with Crippen molar-refractivity contribution in [1.82, 2.24) is 16.0 Å². The average Bonchev–Trinajstić information content (AvgIpc) is 2.87. The zero-order valence-corrected chi connectivity index (χ0v) is 21.6. The number of carbonyl (C=O) groups is 3. The summed E-state index contributed by atoms with van der Waals surface area (Å²) in [4.78, 5) is 38.2. The molecular weight excluding hydrogens is 517 g/mol. The number of rotatable bonds is 7. The predicted molar refractivity (Wildman–Crippen MR) is 140 cm³/mol. The van der Waals surface area contributed by atoms with Crippen LogP contribution in [0.2, 0.25) is 0 Å². The van der Waals surface area contributed by atoms with Gasteiger partial charge in [0.1, 0.15) is 23.2 Å². The number of aromatic hydroxyl groups is 2. The second-order valence-electron chi connectivity index (χ2n) is 8.78. The maximum atomic E-state index is 14.5. The van der Waals surface area contributed by atoms with Gasteiger partial charge in [0.25, 0.3) is 11.8 Å². The van der Waals surface area contributed by atoms with Crippen molar-refractivity contribution in [2.45, 2.75) is 26.1 Å². The number of nitrogens with one attached hydrogen (secondary N) is 3. The molecule has 11 heteroatoms. The van der Waals surface area contributed by atoms with E-state index in [1.807, 2.05) is 0 Å². The number of halogens is 2. The van der Waals surface area contributed by atoms with Gasteiger partial charge in [0, 0.05) is 23.2 Å². The minimum atomic E-state index is -0.976. The standard InChI is InChI=1S/C27H26FN3O6.ClH/c1-13-10-17(11-14(2)23(13)33)27(36)30-18-12-29-25(18)31-26(35)16-6-4-15(5-7-16)24(34)21-19(32)8-9-20(37-3)22(21)28;/h4-11,18,25,29,32-33H,12H2,1-3H3,(H,30,36)(H,31,35);1H/t18-,25-;/m1./s1. The number of hydrogen-bond acceptors (Lipinski definition) is 7. The SMILES string of the molecule is COc1ccc(O)c(C(=O)c2ccc(C(=O)N[C@H]3NC[C@H]3NC(=O)c3cc(C)c(O)c(C)c3)cc2)c1F.Cl. The third-order valence-electron chi connectivity index (χ3n) is 6.26. The Kier molecular flexibility index (Phi) is 8.60. The fraction of sp³-hybridized carbons (Fsp3) is 0.222. The molecule has 1 heterocycles. The molecule has 38 heavy (non-hydrogen) atoms. The van der Waals surface area contributed by atoms with Crippen molar-refractivity contribution in [3.05, 3.63) is 87.7 Å². The lowest BCUT2D eigenvalue weighted by molar-refractivity contribution is 0.0816. The van der Waals surface area contributed by atoms with Gasteiger partial charge in [-0.25, -0.2) is 4.39 Å². The molecule has 0 unspecified atom stereocenters. The molecule has 0 aromatic heterocycles. The minimum absolute atomic E-state index is 0. The summed E-state index contributed by atoms with van der Waals surface area (Å²) in [5.74, 6) is -3.06. The Balaban J connectivity index is 0.00000400. The first-order valence-electron chi connectivity index (χ1n) is 11.5. The summed E-state index contributed by atoms with van der Waals surface area (Å²) < 4.78 is 19.4. The van der Waals surface area contributed by atoms with Crippen molar-refractivity contribution in [1.29, 1.82) is 0 Å². The van der Waals surface area contributed by atoms with E-state index in [1.54, 1.807) is 26.0 Å². The van der Waals surface area contributed by atoms with Crippen LogP contribution in [0, 0.1) is 19.7 Å². The number of ether oxygens (including phenoxy) is 1. The molecule has 0 spiro atoms. The number of phenols is 2. The van der Waals surface area contributed by atoms with Crippen LogP contribution in [0.3, 0.4) is 0 Å². The molecule has 200 valence electrons. The van der Waals surface area contributed by atoms with E-state index in [0.29, 0.717) is 23.2 Å². The Morgan fingerprint density at radius 3 is 2.05 bits per heavy atom. The molecule has 3 aromatic carbocycles. The molecule has 0 aliphatic carbocycles. The van der Waals surface area contributed by atoms with Gasteiger partial charge in [-0.1, -0.05) is 12.1 Å². The quantitative estimate of drug-likeness (QED) is 0.289. The lowest BCUT2D eigenvalue weighted by Gasteiger charge is -2.38. The van der Waals surface area contributed by atoms with Crippen LogP contribution in [-0.4, -0.2) is 53.7 Å². The topological polar surface area (TPSA) is 137 Å². The molecule has 0 bridgehead atoms. The van der Waals surface area contributed by atoms with Crippen LogP contribution >= 0.6 is 12.4 Å². The second kappa shape index (κ2) is 11.5. The fourth-order valence-electron chi connectivity index (χ4n) is 4.04. The number of aryl methyl sites for hydroxylation is 2. The van der Waals surface area contributed by atoms with E-state index in [4.69, 9.17) is 4.74 Å². The maximum absolute atomic E-state index is 14.5. The number of phenolic OH excluding ortho intramolecular Hbond substituents is 2. The summed E-state index contributed by atoms with van der Waals surface area (Å²) in [5, 5.41) is 28.6. The largest absolute Gasteiger partial charge is 0.507 e. The van der Waals surface area contributed by atoms with Gasteiger partial charge >= 0.3 is 0 Å². The van der Waals surface area contributed by atoms with E-state index in [1.165, 1.54) is 43.5 Å². The van der Waals surface area contributed by atoms with Gasteiger partial charge in [-0.2, -0.15) is 0 Å². The molecule has 1 aliphatic heterocycles. The highest BCUT2D eigenvalue weighted by atomic mass is 35.5. The maximum Gasteiger partial charge on any atom is 0.252 e. The van der Waals surface area contributed by atoms with Gasteiger partial charge in [-0.05, 0) is 61.4 Å². The van der Waals surface area contributed by atoms with Crippen LogP contribution in [0.5, 0.6) is 17.2 Å². The van der Waals surface area contributed by atoms with Crippen molar-refractivity contribution in [2.24, 2.45) is 0 Å². The molecule has 3 aromatic rings. The molecule has 1 aliphatic rings. The number of ketones is 1. The molecule has 9 nitrogen and oxygen atoms in total. The van der Waals surface area contributed by atoms with E-state index in [-0.39, 0.29) is 47.0 Å². The molecule has 0 radical (unpaired) electrons. The van der Waals surface area contributed by atoms with Crippen molar-refractivity contribution in [2.75, 3.05) is 13.7 Å². The molecule has 2 atom stereocenters. The highest BCUT2D eigenvalue weighted by Crippen LogP contribution is 2.30. The van der Waals surface area contributed by atoms with E-state index in [0.717, 1.165) is 0 Å². The Morgan fingerprint density at radius 2 is 1.50 bits per heavy atom. The summed E-state index contributed by atoms with van der Waals surface area (Å²) in [7, 11) is 1.25. The van der Waals surface area contributed by atoms with Crippen LogP contribution in [-0.2, 0) is 0 Å². The van der Waals surface area contributed by atoms with Gasteiger partial charge in [-0.3, -0.25) is 19.7 Å². The smallest absolute Gasteiger partial charge is 0.252 e. The summed E-state index contributed by atoms with van der Waals surface area (Å²) in [6, 6.07) is 10.8. The van der Waals surface area contributed by atoms with Crippen molar-refractivity contribution >= 4 is 30.0 Å². The van der Waals surface area contributed by atoms with Gasteiger partial charge in [0.15, 0.2) is 17.3 Å². The summed E-state index contributed by atoms with van der Waals surface area (Å²) in [6.45, 7) is 3.87. The first-order chi connectivity index (χ1) is 17.6. The number of hydrogen-bond donors (Lipinski definition) is 5. The third-order valence-corrected chi connectivity index (χ3v) is 6.26. The molecule has 2 amide bonds. The van der Waals surface area contributed by atoms with Crippen LogP contribution in [0.4, 0.5) is 4.39 Å². The van der Waals surface area contributed by atoms with Gasteiger partial charge in [0.05, 0.1) is 13.2 Å². The van der Waals surface area contributed by atoms with Crippen molar-refractivity contribution < 1.29 is 33.7 Å². The van der Waals surface area contributed by atoms with Crippen LogP contribution in [0.1, 0.15) is 47.8 Å². The van der Waals surface area contributed by atoms with Crippen LogP contribution in [0.25, 0.3) is 0 Å². The lowest BCUT2D eigenvalue weighted by atomic mass is 10.00. The summed E-state index contributed by atoms with van der Waals surface area (Å²) in [5.41, 5.74) is 1.39. The monoisotopic (exact) mass is 543 g/mol. The molecule has 5 N–H and O–H groups in total. The lowest BCUT2D eigenvalue weighted by Crippen LogP contribution is -2.71. The first kappa shape index (κ1) is 28.4. The Morgan fingerprint density at radius 1 is 0.921 bits per heavy atom. The molecule has 1 saturated heterocycles. The number of amides is 2. The van der Waals surface area contributed by atoms with E-state index >= 15 is 0 Å². The van der Waals surface area contributed by atoms with Crippen LogP contribution < -0.4 is 20.7 Å². The first-order valence-corrected chi connectivity index (χ1v) is 11.5. The predicted octanol–water partition coefficient (Wildman–Crippen LogP) is 2.97. The number of carbonyl (C=O) groups excluding carboxylic acids is 3. The Labute approximate surface area is 224 Å². The highest BCUT2D eigenvalue weighted by molar-refractivity contribution is 6.11. The fourth-order valence-corrected chi connectivity index (χ4v) is 4.04. The van der Waals surface area contributed by atoms with Gasteiger partial charge in [0.2, 0.25) is 0 Å². The summed E-state index contributed by atoms with van der Waals surface area (Å²) >= 11 is 0. The minimum Gasteiger partial charge on any atom is -0.507 e. The Bertz CT molecular complexity index is 1370. The molecule has 4 rings (SSSR count). The third kappa shape index (κ3) is 5.56. The van der Waals surface area contributed by atoms with Crippen LogP contribution in [0.15, 0.2) is 48.5 Å². The number of benzene rings is 3. The summed E-state index contributed by atoms with van der Waals surface area (Å²) in [6.07, 6.45) is -0.514. The van der Waals surface area contributed by atoms with E-state index < -0.39 is 35.0 Å². The molecule has 1 fully saturated rings. The molecule has 0 saturated carbocycles. The second-order valence-corrected chi connectivity index (χ2v) is 8.78. The van der Waals surface area contributed by atoms with Gasteiger partial charge in [-0.15, -0.1) is 12.4 Å². The van der Waals surface area contributed by atoms with E-state index in [2.05, 4.69) is 16.0 Å². The highest BCUT2D eigenvalue weighted by Gasteiger charge is 2.33. The van der Waals surface area contributed by atoms with Crippen molar-refractivity contribution in [3.8, 4) is 17.2 Å². The van der Waals surface area contributed by atoms with Crippen molar-refractivity contribution in [3.63, 3.8) is 0 Å². The number of methoxy groups -OCH3 is 1. The Hall–Kier alpha value is -4.15. The average molecular weight is 544 g/mol. The zero-order chi connectivity index (χ0) is 26.9. The van der Waals surface area contributed by atoms with Gasteiger partial charge < -0.3 is 25.6 Å².